The first-order valence-electron chi connectivity index (χ1n) is 4.35. The number of carbonyl (C=O) groups is 1. The highest BCUT2D eigenvalue weighted by molar-refractivity contribution is 5.87. The second kappa shape index (κ2) is 3.57. The third-order valence-electron chi connectivity index (χ3n) is 1.96. The van der Waals surface area contributed by atoms with Gasteiger partial charge in [-0.25, -0.2) is 0 Å². The van der Waals surface area contributed by atoms with E-state index in [1.54, 1.807) is 26.0 Å². The van der Waals surface area contributed by atoms with Gasteiger partial charge in [0.2, 0.25) is 5.91 Å². The first-order valence-corrected chi connectivity index (χ1v) is 4.35. The number of amides is 1. The fraction of sp³-hybridized carbons (Fsp3) is 0.300. The van der Waals surface area contributed by atoms with Gasteiger partial charge in [0.05, 0.1) is 0 Å². The summed E-state index contributed by atoms with van der Waals surface area (Å²) in [7, 11) is 0. The van der Waals surface area contributed by atoms with Crippen molar-refractivity contribution in [3.8, 4) is 0 Å². The Balaban J connectivity index is 2.83. The predicted molar refractivity (Wildman–Crippen MR) is 57.8 cm³/mol. The Hall–Kier alpha value is -1.71. The van der Waals surface area contributed by atoms with Crippen LogP contribution in [0.25, 0.3) is 0 Å². The molecule has 4 nitrogen and oxygen atoms in total. The van der Waals surface area contributed by atoms with Crippen LogP contribution in [0, 0.1) is 0 Å². The van der Waals surface area contributed by atoms with Crippen LogP contribution in [0.3, 0.4) is 0 Å². The van der Waals surface area contributed by atoms with Crippen molar-refractivity contribution in [2.24, 2.45) is 5.73 Å². The van der Waals surface area contributed by atoms with E-state index in [4.69, 9.17) is 11.5 Å². The molecule has 76 valence electrons. The second-order valence-corrected chi connectivity index (χ2v) is 3.74. The fourth-order valence-corrected chi connectivity index (χ4v) is 1.04. The Morgan fingerprint density at radius 1 is 1.43 bits per heavy atom. The summed E-state index contributed by atoms with van der Waals surface area (Å²) in [4.78, 5) is 11.0. The minimum absolute atomic E-state index is 0.403. The molecule has 0 saturated carbocycles. The highest BCUT2D eigenvalue weighted by Gasteiger charge is 2.24. The monoisotopic (exact) mass is 193 g/mol. The molecule has 0 aromatic heterocycles. The lowest BCUT2D eigenvalue weighted by Gasteiger charge is -2.23. The number of carbonyl (C=O) groups excluding carboxylic acids is 1. The van der Waals surface area contributed by atoms with E-state index in [0.29, 0.717) is 5.69 Å². The molecule has 1 aromatic rings. The van der Waals surface area contributed by atoms with Crippen LogP contribution < -0.4 is 16.8 Å². The van der Waals surface area contributed by atoms with E-state index < -0.39 is 11.4 Å². The average Bonchev–Trinajstić information content (AvgIpc) is 2.02. The number of nitrogens with two attached hydrogens (primary N) is 2. The van der Waals surface area contributed by atoms with E-state index in [0.717, 1.165) is 5.69 Å². The summed E-state index contributed by atoms with van der Waals surface area (Å²) >= 11 is 0. The van der Waals surface area contributed by atoms with Crippen LogP contribution in [0.15, 0.2) is 24.3 Å². The van der Waals surface area contributed by atoms with Crippen LogP contribution in [-0.4, -0.2) is 11.4 Å². The van der Waals surface area contributed by atoms with Crippen LogP contribution in [-0.2, 0) is 4.79 Å². The highest BCUT2D eigenvalue weighted by atomic mass is 16.1. The van der Waals surface area contributed by atoms with Crippen LogP contribution in [0.5, 0.6) is 0 Å². The molecule has 14 heavy (non-hydrogen) atoms. The Labute approximate surface area is 83.3 Å². The molecule has 0 radical (unpaired) electrons. The van der Waals surface area contributed by atoms with E-state index >= 15 is 0 Å². The van der Waals surface area contributed by atoms with Crippen LogP contribution in [0.1, 0.15) is 13.8 Å². The average molecular weight is 193 g/mol. The maximum atomic E-state index is 11.0. The molecule has 0 spiro atoms. The highest BCUT2D eigenvalue weighted by Crippen LogP contribution is 2.17. The molecule has 0 aliphatic rings. The number of hydrogen-bond donors (Lipinski definition) is 3. The van der Waals surface area contributed by atoms with Crippen molar-refractivity contribution < 1.29 is 4.79 Å². The van der Waals surface area contributed by atoms with E-state index in [2.05, 4.69) is 5.32 Å². The molecule has 0 bridgehead atoms. The lowest BCUT2D eigenvalue weighted by molar-refractivity contribution is -0.121. The third-order valence-corrected chi connectivity index (χ3v) is 1.96. The summed E-state index contributed by atoms with van der Waals surface area (Å²) < 4.78 is 0. The van der Waals surface area contributed by atoms with Gasteiger partial charge < -0.3 is 16.8 Å². The van der Waals surface area contributed by atoms with Gasteiger partial charge in [-0.15, -0.1) is 0 Å². The molecular formula is C10H15N3O. The minimum Gasteiger partial charge on any atom is -0.399 e. The standard InChI is InChI=1S/C10H15N3O/c1-10(2,9(12)14)13-8-5-3-4-7(11)6-8/h3-6,13H,11H2,1-2H3,(H2,12,14). The molecule has 0 atom stereocenters. The maximum absolute atomic E-state index is 11.0. The molecule has 0 heterocycles. The molecule has 0 aliphatic carbocycles. The van der Waals surface area contributed by atoms with E-state index in [-0.39, 0.29) is 0 Å². The molecule has 1 rings (SSSR count). The zero-order chi connectivity index (χ0) is 10.8. The molecule has 5 N–H and O–H groups in total. The predicted octanol–water partition coefficient (Wildman–Crippen LogP) is 0.945. The second-order valence-electron chi connectivity index (χ2n) is 3.74. The van der Waals surface area contributed by atoms with E-state index in [1.807, 2.05) is 12.1 Å². The van der Waals surface area contributed by atoms with Crippen molar-refractivity contribution in [2.75, 3.05) is 11.1 Å². The summed E-state index contributed by atoms with van der Waals surface area (Å²) in [6.45, 7) is 3.44. The molecule has 0 unspecified atom stereocenters. The lowest BCUT2D eigenvalue weighted by atomic mass is 10.0. The van der Waals surface area contributed by atoms with Gasteiger partial charge in [-0.3, -0.25) is 4.79 Å². The summed E-state index contributed by atoms with van der Waals surface area (Å²) in [5, 5.41) is 3.00. The van der Waals surface area contributed by atoms with Crippen molar-refractivity contribution in [3.63, 3.8) is 0 Å². The van der Waals surface area contributed by atoms with Crippen LogP contribution in [0.2, 0.25) is 0 Å². The molecular weight excluding hydrogens is 178 g/mol. The summed E-state index contributed by atoms with van der Waals surface area (Å²) in [5.41, 5.74) is 11.5. The molecule has 1 amide bonds. The Kier molecular flexibility index (Phi) is 2.65. The SMILES string of the molecule is CC(C)(Nc1cccc(N)c1)C(N)=O. The van der Waals surface area contributed by atoms with Gasteiger partial charge in [0.1, 0.15) is 5.54 Å². The Morgan fingerprint density at radius 3 is 2.57 bits per heavy atom. The number of primary amides is 1. The van der Waals surface area contributed by atoms with Gasteiger partial charge >= 0.3 is 0 Å². The van der Waals surface area contributed by atoms with E-state index in [9.17, 15) is 4.79 Å². The number of hydrogen-bond acceptors (Lipinski definition) is 3. The minimum atomic E-state index is -0.770. The number of nitrogens with one attached hydrogen (secondary N) is 1. The fourth-order valence-electron chi connectivity index (χ4n) is 1.04. The zero-order valence-electron chi connectivity index (χ0n) is 8.37. The van der Waals surface area contributed by atoms with Crippen LogP contribution in [0.4, 0.5) is 11.4 Å². The van der Waals surface area contributed by atoms with Crippen molar-refractivity contribution in [3.05, 3.63) is 24.3 Å². The van der Waals surface area contributed by atoms with E-state index in [1.165, 1.54) is 0 Å². The van der Waals surface area contributed by atoms with Crippen LogP contribution >= 0.6 is 0 Å². The number of rotatable bonds is 3. The maximum Gasteiger partial charge on any atom is 0.242 e. The zero-order valence-corrected chi connectivity index (χ0v) is 8.37. The normalized spacial score (nSPS) is 11.0. The van der Waals surface area contributed by atoms with Gasteiger partial charge in [-0.1, -0.05) is 6.07 Å². The van der Waals surface area contributed by atoms with Gasteiger partial charge in [0, 0.05) is 11.4 Å². The Bertz CT molecular complexity index is 347. The first kappa shape index (κ1) is 10.4. The van der Waals surface area contributed by atoms with Gasteiger partial charge in [-0.05, 0) is 32.0 Å². The topological polar surface area (TPSA) is 81.1 Å². The molecule has 0 fully saturated rings. The summed E-state index contributed by atoms with van der Waals surface area (Å²) in [6.07, 6.45) is 0. The van der Waals surface area contributed by atoms with Gasteiger partial charge in [0.25, 0.3) is 0 Å². The summed E-state index contributed by atoms with van der Waals surface area (Å²) in [5.74, 6) is -0.403. The lowest BCUT2D eigenvalue weighted by Crippen LogP contribution is -2.45. The van der Waals surface area contributed by atoms with Crippen molar-refractivity contribution in [1.82, 2.24) is 0 Å². The quantitative estimate of drug-likeness (QED) is 0.625. The number of anilines is 2. The smallest absolute Gasteiger partial charge is 0.242 e. The molecule has 0 saturated heterocycles. The van der Waals surface area contributed by atoms with Gasteiger partial charge in [-0.2, -0.15) is 0 Å². The number of nitrogen functional groups attached to an aromatic ring is 1. The molecule has 0 aliphatic heterocycles. The number of benzene rings is 1. The largest absolute Gasteiger partial charge is 0.399 e. The molecule has 1 aromatic carbocycles. The molecule has 4 heteroatoms. The van der Waals surface area contributed by atoms with Crippen molar-refractivity contribution in [2.45, 2.75) is 19.4 Å². The third kappa shape index (κ3) is 2.39. The van der Waals surface area contributed by atoms with Gasteiger partial charge in [0.15, 0.2) is 0 Å². The summed E-state index contributed by atoms with van der Waals surface area (Å²) in [6, 6.07) is 7.18. The first-order chi connectivity index (χ1) is 6.42. The Morgan fingerprint density at radius 2 is 2.07 bits per heavy atom. The van der Waals surface area contributed by atoms with Crippen molar-refractivity contribution >= 4 is 17.3 Å². The van der Waals surface area contributed by atoms with Crippen molar-refractivity contribution in [1.29, 1.82) is 0 Å².